The van der Waals surface area contributed by atoms with Gasteiger partial charge in [-0.15, -0.1) is 0 Å². The third-order valence-corrected chi connectivity index (χ3v) is 6.84. The van der Waals surface area contributed by atoms with Crippen molar-refractivity contribution < 1.29 is 32.6 Å². The molecule has 10 nitrogen and oxygen atoms in total. The van der Waals surface area contributed by atoms with Crippen LogP contribution in [-0.4, -0.2) is 61.5 Å². The lowest BCUT2D eigenvalue weighted by Gasteiger charge is -2.40. The van der Waals surface area contributed by atoms with Crippen LogP contribution in [0.5, 0.6) is 11.5 Å². The summed E-state index contributed by atoms with van der Waals surface area (Å²) in [5, 5.41) is 0. The van der Waals surface area contributed by atoms with Gasteiger partial charge >= 0.3 is 12.1 Å². The third kappa shape index (κ3) is 5.85. The molecule has 1 fully saturated rings. The number of aromatic nitrogens is 1. The minimum Gasteiger partial charge on any atom is -0.493 e. The highest BCUT2D eigenvalue weighted by Gasteiger charge is 2.38. The molecule has 2 N–H and O–H groups in total. The molecule has 2 aliphatic rings. The largest absolute Gasteiger partial charge is 0.493 e. The number of halogens is 2. The van der Waals surface area contributed by atoms with E-state index in [4.69, 9.17) is 19.9 Å². The molecule has 0 radical (unpaired) electrons. The maximum atomic E-state index is 15.4. The number of anilines is 2. The van der Waals surface area contributed by atoms with E-state index in [0.717, 1.165) is 11.0 Å². The number of piperidine rings is 1. The SMILES string of the molecule is COc1cc(OC)c(F)c(N2Cc3cnc(CN)cc3N(CC3CCN(C(=O)OC(C)(C)C)CC3)C2=O)c1F. The van der Waals surface area contributed by atoms with Crippen LogP contribution in [0, 0.1) is 17.6 Å². The highest BCUT2D eigenvalue weighted by atomic mass is 19.1. The van der Waals surface area contributed by atoms with Crippen LogP contribution >= 0.6 is 0 Å². The van der Waals surface area contributed by atoms with E-state index < -0.39 is 29.0 Å². The number of methoxy groups -OCH3 is 2. The number of hydrogen-bond donors (Lipinski definition) is 1. The highest BCUT2D eigenvalue weighted by molar-refractivity contribution is 6.06. The van der Waals surface area contributed by atoms with Gasteiger partial charge in [-0.05, 0) is 45.6 Å². The maximum Gasteiger partial charge on any atom is 0.410 e. The summed E-state index contributed by atoms with van der Waals surface area (Å²) in [6, 6.07) is 2.24. The number of urea groups is 1. The number of nitrogens with zero attached hydrogens (tertiary/aromatic N) is 4. The van der Waals surface area contributed by atoms with E-state index in [0.29, 0.717) is 42.9 Å². The molecule has 3 heterocycles. The van der Waals surface area contributed by atoms with Crippen LogP contribution in [0.2, 0.25) is 0 Å². The van der Waals surface area contributed by atoms with Crippen LogP contribution in [0.3, 0.4) is 0 Å². The van der Waals surface area contributed by atoms with E-state index in [1.54, 1.807) is 17.2 Å². The Morgan fingerprint density at radius 3 is 2.26 bits per heavy atom. The number of pyridine rings is 1. The maximum absolute atomic E-state index is 15.4. The van der Waals surface area contributed by atoms with Crippen LogP contribution in [0.1, 0.15) is 44.9 Å². The molecule has 0 atom stereocenters. The number of carbonyl (C=O) groups is 2. The molecular formula is C27H35F2N5O5. The first-order chi connectivity index (χ1) is 18.5. The molecule has 1 aromatic heterocycles. The van der Waals surface area contributed by atoms with Gasteiger partial charge in [0, 0.05) is 44.0 Å². The molecule has 0 bridgehead atoms. The fraction of sp³-hybridized carbons (Fsp3) is 0.519. The molecular weight excluding hydrogens is 512 g/mol. The number of benzene rings is 1. The molecule has 0 spiro atoms. The standard InChI is InChI=1S/C27H35F2N5O5/c1-27(2,3)39-26(36)32-8-6-16(7-9-32)14-33-19-10-18(12-30)31-13-17(19)15-34(25(33)35)24-22(28)20(37-4)11-21(38-5)23(24)29/h10-11,13,16H,6-9,12,14-15,30H2,1-5H3. The van der Waals surface area contributed by atoms with Crippen molar-refractivity contribution in [2.24, 2.45) is 11.7 Å². The quantitative estimate of drug-likeness (QED) is 0.570. The number of likely N-dealkylation sites (tertiary alicyclic amines) is 1. The van der Waals surface area contributed by atoms with Gasteiger partial charge in [-0.3, -0.25) is 14.8 Å². The van der Waals surface area contributed by atoms with Gasteiger partial charge in [0.15, 0.2) is 23.1 Å². The number of fused-ring (bicyclic) bond motifs is 1. The Morgan fingerprint density at radius 2 is 1.72 bits per heavy atom. The molecule has 2 aromatic rings. The Bertz CT molecular complexity index is 1220. The molecule has 12 heteroatoms. The van der Waals surface area contributed by atoms with Crippen LogP contribution in [0.25, 0.3) is 0 Å². The minimum atomic E-state index is -1.01. The lowest BCUT2D eigenvalue weighted by Crippen LogP contribution is -2.51. The molecule has 2 aliphatic heterocycles. The van der Waals surface area contributed by atoms with E-state index in [2.05, 4.69) is 4.98 Å². The second-order valence-electron chi connectivity index (χ2n) is 10.7. The predicted octanol–water partition coefficient (Wildman–Crippen LogP) is 4.43. The molecule has 1 saturated heterocycles. The molecule has 0 unspecified atom stereocenters. The van der Waals surface area contributed by atoms with Crippen molar-refractivity contribution in [1.29, 1.82) is 0 Å². The molecule has 4 rings (SSSR count). The van der Waals surface area contributed by atoms with Crippen molar-refractivity contribution in [1.82, 2.24) is 9.88 Å². The average Bonchev–Trinajstić information content (AvgIpc) is 2.90. The molecule has 39 heavy (non-hydrogen) atoms. The summed E-state index contributed by atoms with van der Waals surface area (Å²) < 4.78 is 46.4. The average molecular weight is 548 g/mol. The summed E-state index contributed by atoms with van der Waals surface area (Å²) in [5.74, 6) is -2.49. The molecule has 0 aliphatic carbocycles. The zero-order valence-electron chi connectivity index (χ0n) is 22.9. The van der Waals surface area contributed by atoms with E-state index in [9.17, 15) is 9.59 Å². The zero-order valence-corrected chi connectivity index (χ0v) is 22.9. The Balaban J connectivity index is 1.64. The molecule has 212 valence electrons. The Morgan fingerprint density at radius 1 is 1.10 bits per heavy atom. The summed E-state index contributed by atoms with van der Waals surface area (Å²) in [6.45, 7) is 6.73. The zero-order chi connectivity index (χ0) is 28.5. The fourth-order valence-electron chi connectivity index (χ4n) is 4.83. The van der Waals surface area contributed by atoms with Crippen LogP contribution in [-0.2, 0) is 17.8 Å². The fourth-order valence-corrected chi connectivity index (χ4v) is 4.83. The number of hydrogen-bond acceptors (Lipinski definition) is 7. The van der Waals surface area contributed by atoms with Crippen molar-refractivity contribution in [2.45, 2.75) is 52.3 Å². The number of carbonyl (C=O) groups excluding carboxylic acids is 2. The third-order valence-electron chi connectivity index (χ3n) is 6.84. The van der Waals surface area contributed by atoms with Gasteiger partial charge in [0.1, 0.15) is 11.3 Å². The summed E-state index contributed by atoms with van der Waals surface area (Å²) in [7, 11) is 2.50. The van der Waals surface area contributed by atoms with Gasteiger partial charge < -0.3 is 24.8 Å². The van der Waals surface area contributed by atoms with Crippen molar-refractivity contribution in [3.8, 4) is 11.5 Å². The lowest BCUT2D eigenvalue weighted by molar-refractivity contribution is 0.0186. The van der Waals surface area contributed by atoms with Crippen molar-refractivity contribution >= 4 is 23.5 Å². The highest BCUT2D eigenvalue weighted by Crippen LogP contribution is 2.41. The monoisotopic (exact) mass is 547 g/mol. The topological polar surface area (TPSA) is 110 Å². The van der Waals surface area contributed by atoms with Crippen LogP contribution in [0.15, 0.2) is 18.3 Å². The first-order valence-corrected chi connectivity index (χ1v) is 12.8. The van der Waals surface area contributed by atoms with Crippen molar-refractivity contribution in [2.75, 3.05) is 43.7 Å². The van der Waals surface area contributed by atoms with E-state index in [1.807, 2.05) is 20.8 Å². The van der Waals surface area contributed by atoms with E-state index in [-0.39, 0.29) is 43.1 Å². The normalized spacial score (nSPS) is 16.3. The first-order valence-electron chi connectivity index (χ1n) is 12.8. The summed E-state index contributed by atoms with van der Waals surface area (Å²) >= 11 is 0. The number of amides is 3. The van der Waals surface area contributed by atoms with Crippen LogP contribution in [0.4, 0.5) is 29.7 Å². The molecule has 3 amide bonds. The first kappa shape index (κ1) is 28.3. The number of ether oxygens (including phenoxy) is 3. The second-order valence-corrected chi connectivity index (χ2v) is 10.7. The Kier molecular flexibility index (Phi) is 8.15. The van der Waals surface area contributed by atoms with Crippen molar-refractivity contribution in [3.05, 3.63) is 41.2 Å². The van der Waals surface area contributed by atoms with E-state index in [1.165, 1.54) is 19.1 Å². The number of nitrogens with two attached hydrogens (primary N) is 1. The Hall–Kier alpha value is -3.67. The van der Waals surface area contributed by atoms with Gasteiger partial charge in [0.05, 0.1) is 32.1 Å². The summed E-state index contributed by atoms with van der Waals surface area (Å²) in [6.07, 6.45) is 2.46. The van der Waals surface area contributed by atoms with Gasteiger partial charge in [-0.1, -0.05) is 0 Å². The van der Waals surface area contributed by atoms with Crippen LogP contribution < -0.4 is 25.0 Å². The van der Waals surface area contributed by atoms with Gasteiger partial charge in [-0.25, -0.2) is 18.4 Å². The summed E-state index contributed by atoms with van der Waals surface area (Å²) in [5.41, 5.74) is 6.44. The second kappa shape index (κ2) is 11.2. The van der Waals surface area contributed by atoms with Gasteiger partial charge in [0.2, 0.25) is 0 Å². The Labute approximate surface area is 226 Å². The summed E-state index contributed by atoms with van der Waals surface area (Å²) in [4.78, 5) is 34.9. The minimum absolute atomic E-state index is 0.0319. The lowest BCUT2D eigenvalue weighted by atomic mass is 9.95. The molecule has 0 saturated carbocycles. The van der Waals surface area contributed by atoms with E-state index >= 15 is 8.78 Å². The number of rotatable bonds is 6. The smallest absolute Gasteiger partial charge is 0.410 e. The van der Waals surface area contributed by atoms with Gasteiger partial charge in [-0.2, -0.15) is 0 Å². The molecule has 1 aromatic carbocycles. The predicted molar refractivity (Wildman–Crippen MR) is 141 cm³/mol. The van der Waals surface area contributed by atoms with Gasteiger partial charge in [0.25, 0.3) is 0 Å². The van der Waals surface area contributed by atoms with Crippen molar-refractivity contribution in [3.63, 3.8) is 0 Å².